The van der Waals surface area contributed by atoms with Crippen molar-refractivity contribution in [1.29, 1.82) is 0 Å². The number of hydrogen-bond donors (Lipinski definition) is 0. The summed E-state index contributed by atoms with van der Waals surface area (Å²) in [7, 11) is 0. The average Bonchev–Trinajstić information content (AvgIpc) is 2.95. The van der Waals surface area contributed by atoms with Crippen LogP contribution in [0.4, 0.5) is 0 Å². The SMILES string of the molecule is CCN1CCN(C(=O)c2cn3nc(C)sc3n2)CC1. The minimum Gasteiger partial charge on any atom is -0.335 e. The molecule has 0 bridgehead atoms. The van der Waals surface area contributed by atoms with E-state index in [0.29, 0.717) is 5.69 Å². The van der Waals surface area contributed by atoms with E-state index in [1.807, 2.05) is 11.8 Å². The molecule has 1 fully saturated rings. The molecule has 0 unspecified atom stereocenters. The molecule has 2 aromatic rings. The van der Waals surface area contributed by atoms with Gasteiger partial charge in [-0.05, 0) is 13.5 Å². The van der Waals surface area contributed by atoms with Crippen molar-refractivity contribution in [2.75, 3.05) is 32.7 Å². The first kappa shape index (κ1) is 12.6. The Labute approximate surface area is 115 Å². The summed E-state index contributed by atoms with van der Waals surface area (Å²) in [5.41, 5.74) is 0.503. The van der Waals surface area contributed by atoms with Gasteiger partial charge in [0.15, 0.2) is 0 Å². The van der Waals surface area contributed by atoms with Crippen LogP contribution in [0.25, 0.3) is 4.96 Å². The van der Waals surface area contributed by atoms with E-state index >= 15 is 0 Å². The molecule has 102 valence electrons. The molecule has 1 saturated heterocycles. The minimum atomic E-state index is 0.0195. The smallest absolute Gasteiger partial charge is 0.274 e. The van der Waals surface area contributed by atoms with Crippen LogP contribution in [0.2, 0.25) is 0 Å². The molecule has 0 spiro atoms. The van der Waals surface area contributed by atoms with Crippen LogP contribution in [-0.2, 0) is 0 Å². The molecule has 1 aliphatic rings. The summed E-state index contributed by atoms with van der Waals surface area (Å²) in [6, 6.07) is 0. The van der Waals surface area contributed by atoms with Gasteiger partial charge in [0.2, 0.25) is 4.96 Å². The van der Waals surface area contributed by atoms with Gasteiger partial charge in [-0.15, -0.1) is 0 Å². The Kier molecular flexibility index (Phi) is 3.24. The second kappa shape index (κ2) is 4.90. The molecule has 0 atom stereocenters. The highest BCUT2D eigenvalue weighted by atomic mass is 32.1. The van der Waals surface area contributed by atoms with E-state index in [0.717, 1.165) is 42.7 Å². The Balaban J connectivity index is 1.74. The lowest BCUT2D eigenvalue weighted by molar-refractivity contribution is 0.0638. The average molecular weight is 279 g/mol. The van der Waals surface area contributed by atoms with E-state index in [1.54, 1.807) is 10.7 Å². The summed E-state index contributed by atoms with van der Waals surface area (Å²) in [6.07, 6.45) is 1.73. The Bertz CT molecular complexity index is 565. The summed E-state index contributed by atoms with van der Waals surface area (Å²) in [5.74, 6) is 0.0195. The number of nitrogens with zero attached hydrogens (tertiary/aromatic N) is 5. The first-order chi connectivity index (χ1) is 9.17. The number of carbonyl (C=O) groups excluding carboxylic acids is 1. The fraction of sp³-hybridized carbons (Fsp3) is 0.583. The number of fused-ring (bicyclic) bond motifs is 1. The zero-order valence-corrected chi connectivity index (χ0v) is 12.0. The molecule has 19 heavy (non-hydrogen) atoms. The van der Waals surface area contributed by atoms with Gasteiger partial charge in [-0.2, -0.15) is 5.10 Å². The number of likely N-dealkylation sites (N-methyl/N-ethyl adjacent to an activating group) is 1. The lowest BCUT2D eigenvalue weighted by Crippen LogP contribution is -2.48. The number of piperazine rings is 1. The molecule has 1 aliphatic heterocycles. The van der Waals surface area contributed by atoms with E-state index in [9.17, 15) is 4.79 Å². The van der Waals surface area contributed by atoms with Crippen LogP contribution in [0.15, 0.2) is 6.20 Å². The van der Waals surface area contributed by atoms with Crippen LogP contribution in [0.5, 0.6) is 0 Å². The zero-order valence-electron chi connectivity index (χ0n) is 11.2. The highest BCUT2D eigenvalue weighted by Crippen LogP contribution is 2.15. The molecule has 6 nitrogen and oxygen atoms in total. The first-order valence-corrected chi connectivity index (χ1v) is 7.33. The van der Waals surface area contributed by atoms with Gasteiger partial charge in [-0.3, -0.25) is 4.79 Å². The molecule has 2 aromatic heterocycles. The molecule has 0 N–H and O–H groups in total. The Morgan fingerprint density at radius 3 is 2.74 bits per heavy atom. The highest BCUT2D eigenvalue weighted by molar-refractivity contribution is 7.16. The monoisotopic (exact) mass is 279 g/mol. The van der Waals surface area contributed by atoms with Crippen LogP contribution < -0.4 is 0 Å². The van der Waals surface area contributed by atoms with Crippen LogP contribution in [0, 0.1) is 6.92 Å². The predicted octanol–water partition coefficient (Wildman–Crippen LogP) is 0.877. The summed E-state index contributed by atoms with van der Waals surface area (Å²) in [6.45, 7) is 8.59. The second-order valence-corrected chi connectivity index (χ2v) is 5.86. The standard InChI is InChI=1S/C12H17N5OS/c1-3-15-4-6-16(7-5-15)11(18)10-8-17-12(13-10)19-9(2)14-17/h8H,3-7H2,1-2H3. The molecule has 1 amide bonds. The van der Waals surface area contributed by atoms with E-state index in [1.165, 1.54) is 11.3 Å². The summed E-state index contributed by atoms with van der Waals surface area (Å²) in [4.78, 5) is 21.7. The number of aryl methyl sites for hydroxylation is 1. The van der Waals surface area contributed by atoms with Gasteiger partial charge in [0, 0.05) is 26.2 Å². The third-order valence-electron chi connectivity index (χ3n) is 3.47. The zero-order chi connectivity index (χ0) is 13.4. The van der Waals surface area contributed by atoms with E-state index in [4.69, 9.17) is 0 Å². The molecular formula is C12H17N5OS. The number of hydrogen-bond acceptors (Lipinski definition) is 5. The predicted molar refractivity (Wildman–Crippen MR) is 73.6 cm³/mol. The van der Waals surface area contributed by atoms with Crippen LogP contribution in [-0.4, -0.2) is 63.0 Å². The molecule has 3 heterocycles. The van der Waals surface area contributed by atoms with Crippen LogP contribution >= 0.6 is 11.3 Å². The number of rotatable bonds is 2. The molecule has 0 radical (unpaired) electrons. The summed E-state index contributed by atoms with van der Waals surface area (Å²) < 4.78 is 1.69. The van der Waals surface area contributed by atoms with Crippen molar-refractivity contribution in [3.8, 4) is 0 Å². The summed E-state index contributed by atoms with van der Waals surface area (Å²) >= 11 is 1.50. The second-order valence-electron chi connectivity index (χ2n) is 4.70. The number of amides is 1. The Morgan fingerprint density at radius 1 is 1.37 bits per heavy atom. The van der Waals surface area contributed by atoms with Gasteiger partial charge in [0.05, 0.1) is 6.20 Å². The first-order valence-electron chi connectivity index (χ1n) is 6.52. The number of imidazole rings is 1. The molecule has 7 heteroatoms. The van der Waals surface area contributed by atoms with Crippen molar-refractivity contribution in [1.82, 2.24) is 24.4 Å². The van der Waals surface area contributed by atoms with Gasteiger partial charge in [-0.25, -0.2) is 9.50 Å². The fourth-order valence-corrected chi connectivity index (χ4v) is 3.06. The van der Waals surface area contributed by atoms with Crippen LogP contribution in [0.3, 0.4) is 0 Å². The lowest BCUT2D eigenvalue weighted by atomic mass is 10.3. The van der Waals surface area contributed by atoms with Gasteiger partial charge in [0.1, 0.15) is 10.7 Å². The maximum absolute atomic E-state index is 12.4. The van der Waals surface area contributed by atoms with Crippen molar-refractivity contribution >= 4 is 22.2 Å². The third kappa shape index (κ3) is 2.35. The lowest BCUT2D eigenvalue weighted by Gasteiger charge is -2.33. The van der Waals surface area contributed by atoms with E-state index in [2.05, 4.69) is 21.9 Å². The maximum atomic E-state index is 12.4. The number of carbonyl (C=O) groups is 1. The highest BCUT2D eigenvalue weighted by Gasteiger charge is 2.23. The molecule has 0 aromatic carbocycles. The van der Waals surface area contributed by atoms with Gasteiger partial charge >= 0.3 is 0 Å². The topological polar surface area (TPSA) is 53.7 Å². The van der Waals surface area contributed by atoms with Crippen molar-refractivity contribution in [3.63, 3.8) is 0 Å². The van der Waals surface area contributed by atoms with Gasteiger partial charge in [0.25, 0.3) is 5.91 Å². The molecule has 3 rings (SSSR count). The minimum absolute atomic E-state index is 0.0195. The molecule has 0 saturated carbocycles. The normalized spacial score (nSPS) is 17.3. The van der Waals surface area contributed by atoms with Crippen molar-refractivity contribution in [3.05, 3.63) is 16.9 Å². The molecule has 0 aliphatic carbocycles. The largest absolute Gasteiger partial charge is 0.335 e. The number of aromatic nitrogens is 3. The molecular weight excluding hydrogens is 262 g/mol. The van der Waals surface area contributed by atoms with Crippen LogP contribution in [0.1, 0.15) is 22.4 Å². The van der Waals surface area contributed by atoms with E-state index in [-0.39, 0.29) is 5.91 Å². The maximum Gasteiger partial charge on any atom is 0.274 e. The fourth-order valence-electron chi connectivity index (χ4n) is 2.33. The Hall–Kier alpha value is -1.47. The van der Waals surface area contributed by atoms with Crippen molar-refractivity contribution in [2.45, 2.75) is 13.8 Å². The van der Waals surface area contributed by atoms with Gasteiger partial charge in [-0.1, -0.05) is 18.3 Å². The van der Waals surface area contributed by atoms with Gasteiger partial charge < -0.3 is 9.80 Å². The van der Waals surface area contributed by atoms with Crippen molar-refractivity contribution in [2.24, 2.45) is 0 Å². The van der Waals surface area contributed by atoms with Crippen molar-refractivity contribution < 1.29 is 4.79 Å². The quantitative estimate of drug-likeness (QED) is 0.819. The summed E-state index contributed by atoms with van der Waals surface area (Å²) in [5, 5.41) is 5.24. The Morgan fingerprint density at radius 2 is 2.11 bits per heavy atom. The van der Waals surface area contributed by atoms with E-state index < -0.39 is 0 Å². The third-order valence-corrected chi connectivity index (χ3v) is 4.31.